The maximum Gasteiger partial charge on any atom is 0.325 e. The summed E-state index contributed by atoms with van der Waals surface area (Å²) in [6, 6.07) is 6.70. The Morgan fingerprint density at radius 1 is 1.34 bits per heavy atom. The van der Waals surface area contributed by atoms with Crippen molar-refractivity contribution in [1.82, 2.24) is 24.6 Å². The molecule has 0 radical (unpaired) electrons. The number of amides is 2. The van der Waals surface area contributed by atoms with Gasteiger partial charge in [-0.3, -0.25) is 19.9 Å². The van der Waals surface area contributed by atoms with E-state index >= 15 is 0 Å². The number of carbonyl (C=O) groups excluding carboxylic acids is 1. The summed E-state index contributed by atoms with van der Waals surface area (Å²) in [7, 11) is 0. The van der Waals surface area contributed by atoms with Crippen LogP contribution < -0.4 is 10.1 Å². The molecule has 1 atom stereocenters. The van der Waals surface area contributed by atoms with E-state index in [-0.39, 0.29) is 11.4 Å². The Labute approximate surface area is 187 Å². The van der Waals surface area contributed by atoms with E-state index in [0.717, 1.165) is 24.2 Å². The van der Waals surface area contributed by atoms with Crippen LogP contribution >= 0.6 is 0 Å². The smallest absolute Gasteiger partial charge is 0.325 e. The molecule has 0 spiro atoms. The second-order valence-corrected chi connectivity index (χ2v) is 8.58. The van der Waals surface area contributed by atoms with Gasteiger partial charge in [-0.25, -0.2) is 9.78 Å². The molecule has 9 nitrogen and oxygen atoms in total. The lowest BCUT2D eigenvalue weighted by Crippen LogP contribution is -2.42. The van der Waals surface area contributed by atoms with Crippen LogP contribution in [0.4, 0.5) is 10.6 Å². The van der Waals surface area contributed by atoms with Gasteiger partial charge in [0.2, 0.25) is 0 Å². The molecule has 2 amide bonds. The van der Waals surface area contributed by atoms with E-state index in [2.05, 4.69) is 20.4 Å². The fourth-order valence-electron chi connectivity index (χ4n) is 3.63. The minimum absolute atomic E-state index is 0.322. The normalized spacial score (nSPS) is 17.4. The van der Waals surface area contributed by atoms with Crippen molar-refractivity contribution in [3.8, 4) is 22.8 Å². The Kier molecular flexibility index (Phi) is 5.84. The van der Waals surface area contributed by atoms with Crippen LogP contribution in [0.1, 0.15) is 32.9 Å². The second kappa shape index (κ2) is 8.58. The molecule has 9 heteroatoms. The number of carbonyl (C=O) groups is 1. The van der Waals surface area contributed by atoms with E-state index in [1.54, 1.807) is 30.6 Å². The number of nitrogens with zero attached hydrogens (tertiary/aromatic N) is 5. The van der Waals surface area contributed by atoms with Gasteiger partial charge in [-0.2, -0.15) is 5.10 Å². The number of anilines is 1. The van der Waals surface area contributed by atoms with Crippen LogP contribution in [0.5, 0.6) is 11.5 Å². The summed E-state index contributed by atoms with van der Waals surface area (Å²) in [5, 5.41) is 17.4. The van der Waals surface area contributed by atoms with E-state index in [4.69, 9.17) is 4.74 Å². The molecule has 32 heavy (non-hydrogen) atoms. The molecule has 0 aliphatic carbocycles. The number of aliphatic hydroxyl groups is 1. The van der Waals surface area contributed by atoms with Gasteiger partial charge in [0.05, 0.1) is 17.6 Å². The van der Waals surface area contributed by atoms with Crippen molar-refractivity contribution in [3.05, 3.63) is 48.5 Å². The number of likely N-dealkylation sites (tertiary alicyclic amines) is 1. The first kappa shape index (κ1) is 21.8. The van der Waals surface area contributed by atoms with Crippen molar-refractivity contribution in [3.63, 3.8) is 0 Å². The summed E-state index contributed by atoms with van der Waals surface area (Å²) >= 11 is 0. The van der Waals surface area contributed by atoms with Crippen molar-refractivity contribution < 1.29 is 14.6 Å². The van der Waals surface area contributed by atoms with E-state index in [0.29, 0.717) is 29.6 Å². The summed E-state index contributed by atoms with van der Waals surface area (Å²) in [6.45, 7) is 9.02. The van der Waals surface area contributed by atoms with Crippen molar-refractivity contribution in [2.24, 2.45) is 5.41 Å². The molecule has 4 rings (SSSR count). The Morgan fingerprint density at radius 2 is 2.16 bits per heavy atom. The van der Waals surface area contributed by atoms with Crippen molar-refractivity contribution in [2.75, 3.05) is 11.9 Å². The highest BCUT2D eigenvalue weighted by molar-refractivity contribution is 5.88. The van der Waals surface area contributed by atoms with Crippen LogP contribution in [0, 0.1) is 12.3 Å². The molecule has 1 aliphatic rings. The van der Waals surface area contributed by atoms with E-state index in [9.17, 15) is 9.90 Å². The first-order valence-corrected chi connectivity index (χ1v) is 10.7. The molecule has 3 aromatic heterocycles. The monoisotopic (exact) mass is 436 g/mol. The number of pyridine rings is 2. The van der Waals surface area contributed by atoms with Gasteiger partial charge in [-0.15, -0.1) is 0 Å². The lowest BCUT2D eigenvalue weighted by Gasteiger charge is -2.27. The van der Waals surface area contributed by atoms with E-state index in [1.807, 2.05) is 44.6 Å². The quantitative estimate of drug-likeness (QED) is 0.625. The predicted octanol–water partition coefficient (Wildman–Crippen LogP) is 4.04. The van der Waals surface area contributed by atoms with Crippen molar-refractivity contribution in [1.29, 1.82) is 0 Å². The molecule has 0 saturated carbocycles. The standard InChI is InChI=1S/C23H28N6O3/c1-5-28-14-16(13-25-28)18-12-17(8-10-24-18)32-19-6-7-20(26-15(19)2)27-22(31)29-11-9-23(3,4)21(29)30/h6-8,10,12-14,21,30H,5,9,11H2,1-4H3,(H,26,27,31). The molecule has 0 bridgehead atoms. The molecule has 1 fully saturated rings. The Balaban J connectivity index is 1.45. The molecule has 168 valence electrons. The summed E-state index contributed by atoms with van der Waals surface area (Å²) in [5.41, 5.74) is 1.99. The van der Waals surface area contributed by atoms with Gasteiger partial charge in [-0.05, 0) is 38.5 Å². The predicted molar refractivity (Wildman–Crippen MR) is 120 cm³/mol. The zero-order valence-corrected chi connectivity index (χ0v) is 18.7. The largest absolute Gasteiger partial charge is 0.455 e. The highest BCUT2D eigenvalue weighted by Crippen LogP contribution is 2.35. The third-order valence-electron chi connectivity index (χ3n) is 5.74. The first-order valence-electron chi connectivity index (χ1n) is 10.7. The van der Waals surface area contributed by atoms with E-state index in [1.165, 1.54) is 4.90 Å². The number of nitrogens with one attached hydrogen (secondary N) is 1. The molecule has 0 aromatic carbocycles. The molecular weight excluding hydrogens is 408 g/mol. The molecule has 3 aromatic rings. The van der Waals surface area contributed by atoms with Gasteiger partial charge in [0.25, 0.3) is 0 Å². The number of rotatable bonds is 5. The highest BCUT2D eigenvalue weighted by Gasteiger charge is 2.41. The average Bonchev–Trinajstić information content (AvgIpc) is 3.35. The number of ether oxygens (including phenoxy) is 1. The average molecular weight is 437 g/mol. The molecule has 2 N–H and O–H groups in total. The molecule has 1 saturated heterocycles. The van der Waals surface area contributed by atoms with Gasteiger partial charge in [0.1, 0.15) is 23.5 Å². The third kappa shape index (κ3) is 4.43. The lowest BCUT2D eigenvalue weighted by atomic mass is 9.91. The maximum absolute atomic E-state index is 12.6. The third-order valence-corrected chi connectivity index (χ3v) is 5.74. The number of aryl methyl sites for hydroxylation is 2. The lowest BCUT2D eigenvalue weighted by molar-refractivity contribution is -0.00117. The molecule has 4 heterocycles. The van der Waals surface area contributed by atoms with Crippen LogP contribution in [-0.2, 0) is 6.54 Å². The summed E-state index contributed by atoms with van der Waals surface area (Å²) in [6.07, 6.45) is 5.33. The summed E-state index contributed by atoms with van der Waals surface area (Å²) in [4.78, 5) is 22.8. The number of hydrogen-bond acceptors (Lipinski definition) is 6. The SMILES string of the molecule is CCn1cc(-c2cc(Oc3ccc(NC(=O)N4CCC(C)(C)C4O)nc3C)ccn2)cn1. The summed E-state index contributed by atoms with van der Waals surface area (Å²) in [5.74, 6) is 1.61. The number of urea groups is 1. The zero-order valence-electron chi connectivity index (χ0n) is 18.7. The Morgan fingerprint density at radius 3 is 2.81 bits per heavy atom. The molecular formula is C23H28N6O3. The summed E-state index contributed by atoms with van der Waals surface area (Å²) < 4.78 is 7.86. The van der Waals surface area contributed by atoms with Gasteiger partial charge in [0, 0.05) is 42.5 Å². The van der Waals surface area contributed by atoms with Crippen LogP contribution in [-0.4, -0.2) is 48.6 Å². The van der Waals surface area contributed by atoms with Crippen LogP contribution in [0.2, 0.25) is 0 Å². The number of aliphatic hydroxyl groups excluding tert-OH is 1. The molecule has 1 aliphatic heterocycles. The van der Waals surface area contributed by atoms with Gasteiger partial charge in [-0.1, -0.05) is 13.8 Å². The molecule has 1 unspecified atom stereocenters. The Hall–Kier alpha value is -3.46. The Bertz CT molecular complexity index is 1130. The topological polar surface area (TPSA) is 105 Å². The number of aromatic nitrogens is 4. The van der Waals surface area contributed by atoms with Gasteiger partial charge < -0.3 is 9.84 Å². The fraction of sp³-hybridized carbons (Fsp3) is 0.391. The minimum Gasteiger partial charge on any atom is -0.455 e. The van der Waals surface area contributed by atoms with Crippen LogP contribution in [0.15, 0.2) is 42.9 Å². The van der Waals surface area contributed by atoms with Gasteiger partial charge >= 0.3 is 6.03 Å². The van der Waals surface area contributed by atoms with Crippen molar-refractivity contribution >= 4 is 11.8 Å². The van der Waals surface area contributed by atoms with E-state index < -0.39 is 6.23 Å². The van der Waals surface area contributed by atoms with Crippen LogP contribution in [0.3, 0.4) is 0 Å². The van der Waals surface area contributed by atoms with Gasteiger partial charge in [0.15, 0.2) is 0 Å². The van der Waals surface area contributed by atoms with Crippen LogP contribution in [0.25, 0.3) is 11.3 Å². The highest BCUT2D eigenvalue weighted by atomic mass is 16.5. The fourth-order valence-corrected chi connectivity index (χ4v) is 3.63. The zero-order chi connectivity index (χ0) is 22.9. The minimum atomic E-state index is -0.823. The first-order chi connectivity index (χ1) is 15.3. The van der Waals surface area contributed by atoms with Crippen molar-refractivity contribution in [2.45, 2.75) is 46.9 Å². The maximum atomic E-state index is 12.6. The number of hydrogen-bond donors (Lipinski definition) is 2. The second-order valence-electron chi connectivity index (χ2n) is 8.58.